The molecule has 2 rings (SSSR count). The third kappa shape index (κ3) is 2.61. The van der Waals surface area contributed by atoms with Crippen LogP contribution < -0.4 is 5.32 Å². The standard InChI is InChI=1S/C11H17N3O2.ClH/c1-3-7-5-12-6-8-9(7)13-14-10(8)11(15)16-4-2;/h7,12H,3-6H2,1-2H3,(H,13,14);1H/t7-;/m1./s1. The normalized spacial score (nSPS) is 18.1. The molecule has 0 spiro atoms. The Hall–Kier alpha value is -1.07. The predicted octanol–water partition coefficient (Wildman–Crippen LogP) is 1.60. The van der Waals surface area contributed by atoms with Gasteiger partial charge in [0.25, 0.3) is 0 Å². The van der Waals surface area contributed by atoms with Crippen molar-refractivity contribution in [3.8, 4) is 0 Å². The Labute approximate surface area is 107 Å². The molecule has 1 aromatic rings. The molecule has 0 aliphatic carbocycles. The topological polar surface area (TPSA) is 67.0 Å². The number of fused-ring (bicyclic) bond motifs is 1. The second-order valence-corrected chi connectivity index (χ2v) is 3.92. The van der Waals surface area contributed by atoms with Crippen molar-refractivity contribution >= 4 is 18.4 Å². The molecule has 6 heteroatoms. The van der Waals surface area contributed by atoms with Gasteiger partial charge in [0, 0.05) is 30.3 Å². The summed E-state index contributed by atoms with van der Waals surface area (Å²) in [6.45, 7) is 5.94. The second-order valence-electron chi connectivity index (χ2n) is 3.92. The van der Waals surface area contributed by atoms with E-state index in [1.807, 2.05) is 0 Å². The van der Waals surface area contributed by atoms with Crippen molar-refractivity contribution in [1.82, 2.24) is 15.5 Å². The van der Waals surface area contributed by atoms with Crippen LogP contribution in [0.2, 0.25) is 0 Å². The first-order valence-corrected chi connectivity index (χ1v) is 5.72. The maximum Gasteiger partial charge on any atom is 0.359 e. The maximum atomic E-state index is 11.6. The lowest BCUT2D eigenvalue weighted by molar-refractivity contribution is 0.0518. The number of carbonyl (C=O) groups is 1. The number of hydrogen-bond acceptors (Lipinski definition) is 4. The molecule has 96 valence electrons. The molecule has 1 aliphatic heterocycles. The number of carbonyl (C=O) groups excluding carboxylic acids is 1. The van der Waals surface area contributed by atoms with Crippen LogP contribution in [0, 0.1) is 0 Å². The minimum atomic E-state index is -0.335. The zero-order chi connectivity index (χ0) is 11.5. The molecule has 0 amide bonds. The molecule has 5 nitrogen and oxygen atoms in total. The molecular weight excluding hydrogens is 242 g/mol. The van der Waals surface area contributed by atoms with Gasteiger partial charge in [-0.1, -0.05) is 6.92 Å². The van der Waals surface area contributed by atoms with Gasteiger partial charge >= 0.3 is 5.97 Å². The Morgan fingerprint density at radius 2 is 2.29 bits per heavy atom. The molecule has 2 heterocycles. The number of aromatic amines is 1. The van der Waals surface area contributed by atoms with Gasteiger partial charge in [0.2, 0.25) is 0 Å². The van der Waals surface area contributed by atoms with Crippen molar-refractivity contribution in [3.63, 3.8) is 0 Å². The summed E-state index contributed by atoms with van der Waals surface area (Å²) in [5.41, 5.74) is 2.49. The number of halogens is 1. The molecule has 0 fully saturated rings. The maximum absolute atomic E-state index is 11.6. The van der Waals surface area contributed by atoms with Crippen molar-refractivity contribution in [2.75, 3.05) is 13.2 Å². The quantitative estimate of drug-likeness (QED) is 0.810. The number of H-pyrrole nitrogens is 1. The molecule has 17 heavy (non-hydrogen) atoms. The lowest BCUT2D eigenvalue weighted by atomic mass is 9.94. The molecule has 0 radical (unpaired) electrons. The highest BCUT2D eigenvalue weighted by atomic mass is 35.5. The Morgan fingerprint density at radius 3 is 2.94 bits per heavy atom. The molecule has 0 bridgehead atoms. The van der Waals surface area contributed by atoms with Gasteiger partial charge in [0.1, 0.15) is 0 Å². The molecule has 0 unspecified atom stereocenters. The average molecular weight is 260 g/mol. The number of esters is 1. The fourth-order valence-electron chi connectivity index (χ4n) is 2.09. The van der Waals surface area contributed by atoms with E-state index in [0.29, 0.717) is 24.8 Å². The summed E-state index contributed by atoms with van der Waals surface area (Å²) < 4.78 is 4.97. The molecule has 2 N–H and O–H groups in total. The van der Waals surface area contributed by atoms with Gasteiger partial charge in [-0.05, 0) is 13.3 Å². The van der Waals surface area contributed by atoms with Crippen molar-refractivity contribution in [2.24, 2.45) is 0 Å². The lowest BCUT2D eigenvalue weighted by Crippen LogP contribution is -2.28. The van der Waals surface area contributed by atoms with Crippen LogP contribution in [0.4, 0.5) is 0 Å². The third-order valence-electron chi connectivity index (χ3n) is 2.96. The van der Waals surface area contributed by atoms with Crippen LogP contribution in [0.5, 0.6) is 0 Å². The first kappa shape index (κ1) is 14.0. The van der Waals surface area contributed by atoms with Crippen LogP contribution in [-0.2, 0) is 11.3 Å². The number of nitrogens with zero attached hydrogens (tertiary/aromatic N) is 1. The molecule has 0 saturated heterocycles. The number of hydrogen-bond donors (Lipinski definition) is 2. The van der Waals surface area contributed by atoms with E-state index in [2.05, 4.69) is 22.4 Å². The number of nitrogens with one attached hydrogen (secondary N) is 2. The number of aromatic nitrogens is 2. The summed E-state index contributed by atoms with van der Waals surface area (Å²) in [6, 6.07) is 0. The highest BCUT2D eigenvalue weighted by Gasteiger charge is 2.27. The first-order valence-electron chi connectivity index (χ1n) is 5.72. The van der Waals surface area contributed by atoms with E-state index in [0.717, 1.165) is 24.2 Å². The van der Waals surface area contributed by atoms with E-state index in [9.17, 15) is 4.79 Å². The molecular formula is C11H18ClN3O2. The second kappa shape index (κ2) is 6.02. The Balaban J connectivity index is 0.00000144. The molecule has 1 atom stereocenters. The van der Waals surface area contributed by atoms with Crippen LogP contribution in [-0.4, -0.2) is 29.3 Å². The van der Waals surface area contributed by atoms with Crippen LogP contribution in [0.25, 0.3) is 0 Å². The van der Waals surface area contributed by atoms with Crippen molar-refractivity contribution < 1.29 is 9.53 Å². The van der Waals surface area contributed by atoms with Crippen molar-refractivity contribution in [1.29, 1.82) is 0 Å². The summed E-state index contributed by atoms with van der Waals surface area (Å²) in [5, 5.41) is 10.3. The fraction of sp³-hybridized carbons (Fsp3) is 0.636. The Bertz CT molecular complexity index is 392. The predicted molar refractivity (Wildman–Crippen MR) is 66.5 cm³/mol. The third-order valence-corrected chi connectivity index (χ3v) is 2.96. The molecule has 1 aromatic heterocycles. The van der Waals surface area contributed by atoms with E-state index < -0.39 is 0 Å². The van der Waals surface area contributed by atoms with Crippen molar-refractivity contribution in [3.05, 3.63) is 17.0 Å². The summed E-state index contributed by atoms with van der Waals surface area (Å²) in [5.74, 6) is 0.0815. The van der Waals surface area contributed by atoms with Gasteiger partial charge in [-0.3, -0.25) is 5.10 Å². The van der Waals surface area contributed by atoms with Gasteiger partial charge in [0.15, 0.2) is 5.69 Å². The van der Waals surface area contributed by atoms with E-state index in [1.54, 1.807) is 6.92 Å². The molecule has 0 aromatic carbocycles. The Kier molecular flexibility index (Phi) is 4.96. The average Bonchev–Trinajstić information content (AvgIpc) is 2.72. The van der Waals surface area contributed by atoms with Crippen molar-refractivity contribution in [2.45, 2.75) is 32.7 Å². The zero-order valence-corrected chi connectivity index (χ0v) is 10.9. The lowest BCUT2D eigenvalue weighted by Gasteiger charge is -2.21. The summed E-state index contributed by atoms with van der Waals surface area (Å²) in [7, 11) is 0. The summed E-state index contributed by atoms with van der Waals surface area (Å²) >= 11 is 0. The SMILES string of the molecule is CCOC(=O)c1n[nH]c2c1CNC[C@H]2CC.Cl. The highest BCUT2D eigenvalue weighted by Crippen LogP contribution is 2.26. The van der Waals surface area contributed by atoms with Gasteiger partial charge in [-0.25, -0.2) is 4.79 Å². The van der Waals surface area contributed by atoms with Crippen LogP contribution in [0.15, 0.2) is 0 Å². The van der Waals surface area contributed by atoms with Crippen LogP contribution >= 0.6 is 12.4 Å². The van der Waals surface area contributed by atoms with E-state index in [-0.39, 0.29) is 18.4 Å². The first-order chi connectivity index (χ1) is 7.77. The summed E-state index contributed by atoms with van der Waals surface area (Å²) in [4.78, 5) is 11.6. The van der Waals surface area contributed by atoms with Gasteiger partial charge in [-0.2, -0.15) is 5.10 Å². The van der Waals surface area contributed by atoms with Crippen LogP contribution in [0.3, 0.4) is 0 Å². The largest absolute Gasteiger partial charge is 0.461 e. The minimum absolute atomic E-state index is 0. The smallest absolute Gasteiger partial charge is 0.359 e. The highest BCUT2D eigenvalue weighted by molar-refractivity contribution is 5.89. The minimum Gasteiger partial charge on any atom is -0.461 e. The summed E-state index contributed by atoms with van der Waals surface area (Å²) in [6.07, 6.45) is 1.03. The van der Waals surface area contributed by atoms with Gasteiger partial charge in [-0.15, -0.1) is 12.4 Å². The van der Waals surface area contributed by atoms with E-state index >= 15 is 0 Å². The molecule has 1 aliphatic rings. The zero-order valence-electron chi connectivity index (χ0n) is 10.1. The number of ether oxygens (including phenoxy) is 1. The molecule has 0 saturated carbocycles. The van der Waals surface area contributed by atoms with E-state index in [4.69, 9.17) is 4.74 Å². The van der Waals surface area contributed by atoms with Gasteiger partial charge in [0.05, 0.1) is 6.61 Å². The van der Waals surface area contributed by atoms with Crippen LogP contribution in [0.1, 0.15) is 47.9 Å². The Morgan fingerprint density at radius 1 is 1.53 bits per heavy atom. The fourth-order valence-corrected chi connectivity index (χ4v) is 2.09. The van der Waals surface area contributed by atoms with E-state index in [1.165, 1.54) is 0 Å². The number of rotatable bonds is 3. The monoisotopic (exact) mass is 259 g/mol. The van der Waals surface area contributed by atoms with Gasteiger partial charge < -0.3 is 10.1 Å².